The number of hydrogen-bond donors (Lipinski definition) is 4. The van der Waals surface area contributed by atoms with Gasteiger partial charge in [0.1, 0.15) is 23.8 Å². The SMILES string of the molecule is N=C(c1ccc(N)nc1)c1c(N)ncnc1NC1Cc2ccccc2C1. The van der Waals surface area contributed by atoms with Crippen molar-refractivity contribution < 1.29 is 0 Å². The lowest BCUT2D eigenvalue weighted by molar-refractivity contribution is 0.767. The van der Waals surface area contributed by atoms with Gasteiger partial charge < -0.3 is 16.8 Å². The maximum absolute atomic E-state index is 8.55. The number of benzene rings is 1. The molecule has 0 radical (unpaired) electrons. The molecule has 2 aromatic heterocycles. The Morgan fingerprint density at radius 2 is 1.73 bits per heavy atom. The highest BCUT2D eigenvalue weighted by Gasteiger charge is 2.24. The topological polar surface area (TPSA) is 127 Å². The summed E-state index contributed by atoms with van der Waals surface area (Å²) in [5.41, 5.74) is 15.7. The monoisotopic (exact) mass is 345 g/mol. The van der Waals surface area contributed by atoms with Gasteiger partial charge in [0.2, 0.25) is 0 Å². The average molecular weight is 345 g/mol. The van der Waals surface area contributed by atoms with Crippen molar-refractivity contribution in [2.75, 3.05) is 16.8 Å². The number of nitrogens with zero attached hydrogens (tertiary/aromatic N) is 3. The summed E-state index contributed by atoms with van der Waals surface area (Å²) in [6.45, 7) is 0. The Morgan fingerprint density at radius 3 is 2.38 bits per heavy atom. The first-order chi connectivity index (χ1) is 12.6. The zero-order valence-corrected chi connectivity index (χ0v) is 14.1. The van der Waals surface area contributed by atoms with Crippen molar-refractivity contribution in [3.63, 3.8) is 0 Å². The Kier molecular flexibility index (Phi) is 3.96. The number of rotatable bonds is 4. The van der Waals surface area contributed by atoms with Crippen LogP contribution in [0.3, 0.4) is 0 Å². The molecular weight excluding hydrogens is 326 g/mol. The fraction of sp³-hybridized carbons (Fsp3) is 0.158. The van der Waals surface area contributed by atoms with Gasteiger partial charge in [0.15, 0.2) is 0 Å². The van der Waals surface area contributed by atoms with Gasteiger partial charge in [-0.1, -0.05) is 24.3 Å². The summed E-state index contributed by atoms with van der Waals surface area (Å²) < 4.78 is 0. The molecule has 1 aliphatic carbocycles. The number of aromatic nitrogens is 3. The average Bonchev–Trinajstić information content (AvgIpc) is 3.04. The largest absolute Gasteiger partial charge is 0.384 e. The Labute approximate surface area is 151 Å². The first kappa shape index (κ1) is 16.0. The summed E-state index contributed by atoms with van der Waals surface area (Å²) in [7, 11) is 0. The van der Waals surface area contributed by atoms with E-state index in [1.807, 2.05) is 0 Å². The molecule has 2 heterocycles. The Bertz CT molecular complexity index is 941. The summed E-state index contributed by atoms with van der Waals surface area (Å²) in [5.74, 6) is 1.23. The van der Waals surface area contributed by atoms with Crippen LogP contribution in [0.15, 0.2) is 48.9 Å². The molecule has 0 amide bonds. The van der Waals surface area contributed by atoms with Crippen molar-refractivity contribution in [2.45, 2.75) is 18.9 Å². The van der Waals surface area contributed by atoms with Crippen LogP contribution in [0, 0.1) is 5.41 Å². The number of pyridine rings is 1. The Balaban J connectivity index is 1.63. The van der Waals surface area contributed by atoms with Crippen molar-refractivity contribution in [2.24, 2.45) is 0 Å². The molecule has 7 nitrogen and oxygen atoms in total. The second-order valence-corrected chi connectivity index (χ2v) is 6.35. The summed E-state index contributed by atoms with van der Waals surface area (Å²) >= 11 is 0. The van der Waals surface area contributed by atoms with E-state index in [4.69, 9.17) is 16.9 Å². The quantitative estimate of drug-likeness (QED) is 0.536. The normalized spacial score (nSPS) is 13.4. The first-order valence-corrected chi connectivity index (χ1v) is 8.36. The molecule has 0 aliphatic heterocycles. The van der Waals surface area contributed by atoms with Gasteiger partial charge in [0, 0.05) is 17.8 Å². The molecule has 26 heavy (non-hydrogen) atoms. The number of nitrogens with two attached hydrogens (primary N) is 2. The lowest BCUT2D eigenvalue weighted by atomic mass is 10.0. The molecule has 1 aromatic carbocycles. The number of nitrogen functional groups attached to an aromatic ring is 2. The summed E-state index contributed by atoms with van der Waals surface area (Å²) in [5, 5.41) is 12.0. The molecule has 0 bridgehead atoms. The number of fused-ring (bicyclic) bond motifs is 1. The van der Waals surface area contributed by atoms with E-state index in [0.29, 0.717) is 22.8 Å². The zero-order valence-electron chi connectivity index (χ0n) is 14.1. The third-order valence-corrected chi connectivity index (χ3v) is 4.59. The molecular formula is C19H19N7. The van der Waals surface area contributed by atoms with Gasteiger partial charge in [-0.05, 0) is 36.1 Å². The summed E-state index contributed by atoms with van der Waals surface area (Å²) in [4.78, 5) is 12.5. The molecule has 4 rings (SSSR count). The standard InChI is InChI=1S/C19H19N7/c20-15-6-5-13(9-23-15)17(21)16-18(22)24-10-25-19(16)26-14-7-11-3-1-2-4-12(11)8-14/h1-6,9-10,14,21H,7-8H2,(H2,20,23)(H3,22,24,25,26). The van der Waals surface area contributed by atoms with Crippen LogP contribution < -0.4 is 16.8 Å². The Morgan fingerprint density at radius 1 is 1.00 bits per heavy atom. The fourth-order valence-corrected chi connectivity index (χ4v) is 3.31. The number of anilines is 3. The second-order valence-electron chi connectivity index (χ2n) is 6.35. The summed E-state index contributed by atoms with van der Waals surface area (Å²) in [6.07, 6.45) is 4.80. The van der Waals surface area contributed by atoms with E-state index in [-0.39, 0.29) is 17.6 Å². The fourth-order valence-electron chi connectivity index (χ4n) is 3.31. The van der Waals surface area contributed by atoms with Gasteiger partial charge in [-0.2, -0.15) is 0 Å². The van der Waals surface area contributed by atoms with Gasteiger partial charge in [-0.15, -0.1) is 0 Å². The molecule has 6 N–H and O–H groups in total. The maximum atomic E-state index is 8.55. The molecule has 130 valence electrons. The smallest absolute Gasteiger partial charge is 0.141 e. The van der Waals surface area contributed by atoms with Gasteiger partial charge >= 0.3 is 0 Å². The van der Waals surface area contributed by atoms with Crippen molar-refractivity contribution in [1.29, 1.82) is 5.41 Å². The minimum Gasteiger partial charge on any atom is -0.384 e. The zero-order chi connectivity index (χ0) is 18.1. The molecule has 3 aromatic rings. The summed E-state index contributed by atoms with van der Waals surface area (Å²) in [6, 6.07) is 12.0. The van der Waals surface area contributed by atoms with Crippen molar-refractivity contribution in [3.8, 4) is 0 Å². The highest BCUT2D eigenvalue weighted by Crippen LogP contribution is 2.27. The molecule has 0 fully saturated rings. The third kappa shape index (κ3) is 2.95. The van der Waals surface area contributed by atoms with Crippen LogP contribution in [0.1, 0.15) is 22.3 Å². The van der Waals surface area contributed by atoms with E-state index in [1.54, 1.807) is 18.3 Å². The van der Waals surface area contributed by atoms with Crippen LogP contribution in [0.25, 0.3) is 0 Å². The lowest BCUT2D eigenvalue weighted by Gasteiger charge is -2.17. The predicted octanol–water partition coefficient (Wildman–Crippen LogP) is 2.03. The number of hydrogen-bond acceptors (Lipinski definition) is 7. The van der Waals surface area contributed by atoms with Crippen molar-refractivity contribution in [1.82, 2.24) is 15.0 Å². The molecule has 0 spiro atoms. The van der Waals surface area contributed by atoms with Crippen LogP contribution >= 0.6 is 0 Å². The van der Waals surface area contributed by atoms with Crippen LogP contribution in [0.2, 0.25) is 0 Å². The van der Waals surface area contributed by atoms with Gasteiger partial charge in [-0.3, -0.25) is 5.41 Å². The van der Waals surface area contributed by atoms with Gasteiger partial charge in [0.05, 0.1) is 11.3 Å². The van der Waals surface area contributed by atoms with Gasteiger partial charge in [0.25, 0.3) is 0 Å². The van der Waals surface area contributed by atoms with Crippen molar-refractivity contribution >= 4 is 23.2 Å². The van der Waals surface area contributed by atoms with Crippen LogP contribution in [0.5, 0.6) is 0 Å². The minimum atomic E-state index is 0.206. The highest BCUT2D eigenvalue weighted by molar-refractivity contribution is 6.16. The maximum Gasteiger partial charge on any atom is 0.141 e. The van der Waals surface area contributed by atoms with E-state index in [0.717, 1.165) is 12.8 Å². The van der Waals surface area contributed by atoms with E-state index >= 15 is 0 Å². The van der Waals surface area contributed by atoms with Crippen LogP contribution in [-0.4, -0.2) is 26.7 Å². The van der Waals surface area contributed by atoms with E-state index in [9.17, 15) is 0 Å². The molecule has 0 unspecified atom stereocenters. The van der Waals surface area contributed by atoms with E-state index < -0.39 is 0 Å². The van der Waals surface area contributed by atoms with E-state index in [2.05, 4.69) is 44.5 Å². The molecule has 1 aliphatic rings. The second kappa shape index (κ2) is 6.44. The highest BCUT2D eigenvalue weighted by atomic mass is 15.1. The molecule has 0 saturated heterocycles. The molecule has 7 heteroatoms. The Hall–Kier alpha value is -3.48. The number of nitrogens with one attached hydrogen (secondary N) is 2. The van der Waals surface area contributed by atoms with E-state index in [1.165, 1.54) is 17.5 Å². The minimum absolute atomic E-state index is 0.206. The molecule has 0 saturated carbocycles. The van der Waals surface area contributed by atoms with Crippen molar-refractivity contribution in [3.05, 3.63) is 71.2 Å². The third-order valence-electron chi connectivity index (χ3n) is 4.59. The van der Waals surface area contributed by atoms with Crippen LogP contribution in [0.4, 0.5) is 17.5 Å². The first-order valence-electron chi connectivity index (χ1n) is 8.36. The predicted molar refractivity (Wildman–Crippen MR) is 102 cm³/mol. The van der Waals surface area contributed by atoms with Crippen LogP contribution in [-0.2, 0) is 12.8 Å². The van der Waals surface area contributed by atoms with Gasteiger partial charge in [-0.25, -0.2) is 15.0 Å². The molecule has 0 atom stereocenters. The lowest BCUT2D eigenvalue weighted by Crippen LogP contribution is -2.23.